The van der Waals surface area contributed by atoms with Crippen molar-refractivity contribution in [3.05, 3.63) is 0 Å². The predicted octanol–water partition coefficient (Wildman–Crippen LogP) is -0.0224. The number of Topliss-reactive ketones (excluding diaryl/α,β-unsaturated/α-hetero) is 1. The molecule has 14 nitrogen and oxygen atoms in total. The minimum Gasteiger partial charge on any atom is -0.450 e. The topological polar surface area (TPSA) is 169 Å². The quantitative estimate of drug-likeness (QED) is 0.304. The second-order valence-corrected chi connectivity index (χ2v) is 14.3. The fraction of sp³-hybridized carbons (Fsp3) is 0.812. The number of ether oxygens (including phenoxy) is 1. The maximum absolute atomic E-state index is 14.0. The zero-order valence-electron chi connectivity index (χ0n) is 28.3. The van der Waals surface area contributed by atoms with Gasteiger partial charge in [0, 0.05) is 33.2 Å². The molecule has 4 heterocycles. The number of hydrazine groups is 2. The van der Waals surface area contributed by atoms with E-state index in [9.17, 15) is 28.8 Å². The van der Waals surface area contributed by atoms with Gasteiger partial charge < -0.3 is 20.3 Å². The Bertz CT molecular complexity index is 1180. The molecule has 0 aromatic heterocycles. The fourth-order valence-corrected chi connectivity index (χ4v) is 6.81. The van der Waals surface area contributed by atoms with Crippen molar-refractivity contribution < 1.29 is 33.5 Å². The molecule has 4 N–H and O–H groups in total. The summed E-state index contributed by atoms with van der Waals surface area (Å²) in [6.45, 7) is 12.2. The summed E-state index contributed by atoms with van der Waals surface area (Å²) in [5.74, 6) is -4.18. The van der Waals surface area contributed by atoms with Gasteiger partial charge in [0.2, 0.25) is 11.8 Å². The Kier molecular flexibility index (Phi) is 11.8. The summed E-state index contributed by atoms with van der Waals surface area (Å²) in [5.41, 5.74) is 6.14. The largest absolute Gasteiger partial charge is 0.450 e. The fourth-order valence-electron chi connectivity index (χ4n) is 6.81. The monoisotopic (exact) mass is 647 g/mol. The standard InChI is InChI=1S/C32H53N7O7/c1-17(2)13-24-26(40)22-14-21(15-33-22)28(41)36-25(18(3)4)32(45)46-27(19(5)6)31(44)39-23(9-8-11-35-39)30(43)38-16-20(10-12-34-38)29(42)37(24)7/h17-25,27,33-35H,8-16H2,1-7H3,(H,36,41). The molecule has 0 aliphatic carbocycles. The third-order valence-electron chi connectivity index (χ3n) is 9.58. The van der Waals surface area contributed by atoms with Crippen molar-refractivity contribution >= 4 is 35.4 Å². The number of amides is 4. The van der Waals surface area contributed by atoms with E-state index in [2.05, 4.69) is 21.5 Å². The Labute approximate surface area is 272 Å². The average Bonchev–Trinajstić information content (AvgIpc) is 3.53. The molecule has 7 atom stereocenters. The number of esters is 1. The van der Waals surface area contributed by atoms with Crippen LogP contribution >= 0.6 is 0 Å². The van der Waals surface area contributed by atoms with Crippen molar-refractivity contribution in [1.29, 1.82) is 0 Å². The molecule has 4 fully saturated rings. The van der Waals surface area contributed by atoms with Crippen molar-refractivity contribution in [3.8, 4) is 0 Å². The summed E-state index contributed by atoms with van der Waals surface area (Å²) >= 11 is 0. The molecule has 4 rings (SSSR count). The van der Waals surface area contributed by atoms with Crippen molar-refractivity contribution in [3.63, 3.8) is 0 Å². The van der Waals surface area contributed by atoms with Gasteiger partial charge in [-0.2, -0.15) is 0 Å². The Morgan fingerprint density at radius 3 is 2.22 bits per heavy atom. The molecule has 0 saturated carbocycles. The molecule has 4 amide bonds. The zero-order chi connectivity index (χ0) is 33.9. The van der Waals surface area contributed by atoms with E-state index in [1.807, 2.05) is 13.8 Å². The van der Waals surface area contributed by atoms with Crippen LogP contribution in [0.3, 0.4) is 0 Å². The summed E-state index contributed by atoms with van der Waals surface area (Å²) in [4.78, 5) is 84.3. The van der Waals surface area contributed by atoms with Crippen molar-refractivity contribution in [1.82, 2.24) is 36.4 Å². The number of nitrogens with zero attached hydrogens (tertiary/aromatic N) is 3. The lowest BCUT2D eigenvalue weighted by Crippen LogP contribution is -2.65. The number of nitrogens with one attached hydrogen (secondary N) is 4. The van der Waals surface area contributed by atoms with E-state index in [4.69, 9.17) is 4.74 Å². The van der Waals surface area contributed by atoms with Crippen LogP contribution in [0, 0.1) is 29.6 Å². The highest BCUT2D eigenvalue weighted by atomic mass is 16.6. The van der Waals surface area contributed by atoms with Crippen LogP contribution in [0.25, 0.3) is 0 Å². The summed E-state index contributed by atoms with van der Waals surface area (Å²) in [7, 11) is 1.64. The Morgan fingerprint density at radius 2 is 1.57 bits per heavy atom. The van der Waals surface area contributed by atoms with Gasteiger partial charge in [-0.1, -0.05) is 41.5 Å². The molecule has 0 spiro atoms. The summed E-state index contributed by atoms with van der Waals surface area (Å²) in [6.07, 6.45) is 0.981. The van der Waals surface area contributed by atoms with Gasteiger partial charge in [-0.05, 0) is 49.9 Å². The Morgan fingerprint density at radius 1 is 0.848 bits per heavy atom. The van der Waals surface area contributed by atoms with Gasteiger partial charge in [0.15, 0.2) is 11.9 Å². The van der Waals surface area contributed by atoms with E-state index in [1.54, 1.807) is 34.7 Å². The van der Waals surface area contributed by atoms with E-state index < -0.39 is 59.9 Å². The first kappa shape index (κ1) is 35.7. The molecule has 0 aromatic rings. The van der Waals surface area contributed by atoms with Gasteiger partial charge in [-0.15, -0.1) is 0 Å². The molecular weight excluding hydrogens is 594 g/mol. The van der Waals surface area contributed by atoms with Crippen LogP contribution in [0.2, 0.25) is 0 Å². The van der Waals surface area contributed by atoms with Gasteiger partial charge >= 0.3 is 5.97 Å². The van der Waals surface area contributed by atoms with E-state index in [0.29, 0.717) is 38.8 Å². The second-order valence-electron chi connectivity index (χ2n) is 14.3. The molecule has 4 bridgehead atoms. The second kappa shape index (κ2) is 15.2. The van der Waals surface area contributed by atoms with E-state index in [-0.39, 0.29) is 54.9 Å². The van der Waals surface area contributed by atoms with Gasteiger partial charge in [0.1, 0.15) is 12.1 Å². The van der Waals surface area contributed by atoms with Crippen molar-refractivity contribution in [2.45, 2.75) is 104 Å². The molecule has 4 aliphatic heterocycles. The van der Waals surface area contributed by atoms with E-state index in [1.165, 1.54) is 14.9 Å². The molecule has 7 unspecified atom stereocenters. The summed E-state index contributed by atoms with van der Waals surface area (Å²) in [5, 5.41) is 8.68. The number of hydrogen-bond acceptors (Lipinski definition) is 10. The number of carbonyl (C=O) groups is 6. The van der Waals surface area contributed by atoms with Crippen LogP contribution in [-0.2, 0) is 33.5 Å². The lowest BCUT2D eigenvalue weighted by molar-refractivity contribution is -0.173. The normalized spacial score (nSPS) is 32.7. The minimum atomic E-state index is -1.21. The highest BCUT2D eigenvalue weighted by molar-refractivity contribution is 5.95. The van der Waals surface area contributed by atoms with Gasteiger partial charge in [-0.3, -0.25) is 34.0 Å². The molecular formula is C32H53N7O7. The van der Waals surface area contributed by atoms with Crippen molar-refractivity contribution in [2.24, 2.45) is 29.6 Å². The summed E-state index contributed by atoms with van der Waals surface area (Å²) in [6, 6.07) is -3.26. The van der Waals surface area contributed by atoms with E-state index in [0.717, 1.165) is 0 Å². The van der Waals surface area contributed by atoms with Crippen LogP contribution in [0.1, 0.15) is 73.6 Å². The molecule has 258 valence electrons. The number of rotatable bonds is 4. The number of likely N-dealkylation sites (N-methyl/N-ethyl adjacent to an activating group) is 1. The maximum Gasteiger partial charge on any atom is 0.329 e. The van der Waals surface area contributed by atoms with Gasteiger partial charge in [0.05, 0.1) is 23.9 Å². The smallest absolute Gasteiger partial charge is 0.329 e. The predicted molar refractivity (Wildman–Crippen MR) is 168 cm³/mol. The lowest BCUT2D eigenvalue weighted by Gasteiger charge is -2.42. The highest BCUT2D eigenvalue weighted by Gasteiger charge is 2.45. The molecule has 46 heavy (non-hydrogen) atoms. The first-order chi connectivity index (χ1) is 21.7. The number of hydrogen-bond donors (Lipinski definition) is 4. The SMILES string of the molecule is CC(C)CC1C(=O)C2CC(CN2)C(=O)NC(C(C)C)C(=O)OC(C(C)C)C(=O)N2NCCCC2C(=O)N2CC(CCN2)C(=O)N1C. The van der Waals surface area contributed by atoms with Gasteiger partial charge in [-0.25, -0.2) is 15.6 Å². The molecule has 4 aliphatic rings. The Hall–Kier alpha value is -3.10. The first-order valence-corrected chi connectivity index (χ1v) is 16.9. The highest BCUT2D eigenvalue weighted by Crippen LogP contribution is 2.25. The lowest BCUT2D eigenvalue weighted by atomic mass is 9.91. The third-order valence-corrected chi connectivity index (χ3v) is 9.58. The minimum absolute atomic E-state index is 0.0890. The molecule has 0 aromatic carbocycles. The molecule has 4 saturated heterocycles. The number of ketones is 1. The number of fused-ring (bicyclic) bond motifs is 5. The average molecular weight is 648 g/mol. The van der Waals surface area contributed by atoms with Crippen LogP contribution in [0.15, 0.2) is 0 Å². The van der Waals surface area contributed by atoms with Gasteiger partial charge in [0.25, 0.3) is 11.8 Å². The van der Waals surface area contributed by atoms with Crippen LogP contribution < -0.4 is 21.5 Å². The van der Waals surface area contributed by atoms with Crippen molar-refractivity contribution in [2.75, 3.05) is 33.2 Å². The maximum atomic E-state index is 14.0. The van der Waals surface area contributed by atoms with Crippen LogP contribution in [-0.4, -0.2) is 114 Å². The molecule has 14 heteroatoms. The van der Waals surface area contributed by atoms with E-state index >= 15 is 0 Å². The first-order valence-electron chi connectivity index (χ1n) is 16.9. The summed E-state index contributed by atoms with van der Waals surface area (Å²) < 4.78 is 5.82. The number of carbonyl (C=O) groups excluding carboxylic acids is 6. The third kappa shape index (κ3) is 7.88. The number of cyclic esters (lactones) is 1. The Balaban J connectivity index is 1.71. The molecule has 0 radical (unpaired) electrons. The zero-order valence-corrected chi connectivity index (χ0v) is 28.3. The van der Waals surface area contributed by atoms with Crippen LogP contribution in [0.5, 0.6) is 0 Å². The van der Waals surface area contributed by atoms with Crippen LogP contribution in [0.4, 0.5) is 0 Å².